The van der Waals surface area contributed by atoms with Crippen LogP contribution in [0.3, 0.4) is 0 Å². The molecule has 0 aliphatic heterocycles. The largest absolute Gasteiger partial charge is 0.481 e. The predicted molar refractivity (Wildman–Crippen MR) is 54.3 cm³/mol. The highest BCUT2D eigenvalue weighted by molar-refractivity contribution is 5.81. The van der Waals surface area contributed by atoms with Crippen LogP contribution in [0.4, 0.5) is 0 Å². The number of hydrogen-bond acceptors (Lipinski definition) is 3. The molecule has 1 aliphatic rings. The minimum atomic E-state index is -0.886. The van der Waals surface area contributed by atoms with E-state index < -0.39 is 23.4 Å². The van der Waals surface area contributed by atoms with Gasteiger partial charge in [-0.05, 0) is 33.6 Å². The van der Waals surface area contributed by atoms with Crippen LogP contribution in [0.15, 0.2) is 0 Å². The zero-order valence-electron chi connectivity index (χ0n) is 9.45. The van der Waals surface area contributed by atoms with Crippen LogP contribution < -0.4 is 0 Å². The number of hydrogen-bond donors (Lipinski definition) is 1. The van der Waals surface area contributed by atoms with Crippen LogP contribution in [-0.4, -0.2) is 22.6 Å². The molecule has 1 N–H and O–H groups in total. The molecule has 0 aromatic rings. The molecule has 0 aromatic heterocycles. The second-order valence-electron chi connectivity index (χ2n) is 5.02. The Kier molecular flexibility index (Phi) is 3.37. The van der Waals surface area contributed by atoms with Gasteiger partial charge in [-0.3, -0.25) is 9.59 Å². The minimum Gasteiger partial charge on any atom is -0.481 e. The van der Waals surface area contributed by atoms with Crippen LogP contribution in [0.5, 0.6) is 0 Å². The monoisotopic (exact) mass is 214 g/mol. The van der Waals surface area contributed by atoms with E-state index in [4.69, 9.17) is 9.84 Å². The van der Waals surface area contributed by atoms with Crippen molar-refractivity contribution in [2.75, 3.05) is 0 Å². The number of carbonyl (C=O) groups excluding carboxylic acids is 1. The molecular formula is C11H18O4. The van der Waals surface area contributed by atoms with Crippen molar-refractivity contribution in [2.45, 2.75) is 45.6 Å². The van der Waals surface area contributed by atoms with Gasteiger partial charge in [-0.2, -0.15) is 0 Å². The van der Waals surface area contributed by atoms with E-state index in [2.05, 4.69) is 0 Å². The van der Waals surface area contributed by atoms with E-state index in [1.54, 1.807) is 20.8 Å². The molecular weight excluding hydrogens is 196 g/mol. The van der Waals surface area contributed by atoms with E-state index in [0.29, 0.717) is 12.8 Å². The van der Waals surface area contributed by atoms with E-state index in [1.807, 2.05) is 0 Å². The summed E-state index contributed by atoms with van der Waals surface area (Å²) in [5, 5.41) is 8.92. The highest BCUT2D eigenvalue weighted by atomic mass is 16.6. The molecule has 0 aromatic carbocycles. The van der Waals surface area contributed by atoms with Crippen molar-refractivity contribution in [1.29, 1.82) is 0 Å². The van der Waals surface area contributed by atoms with Crippen molar-refractivity contribution < 1.29 is 19.4 Å². The molecule has 0 saturated heterocycles. The van der Waals surface area contributed by atoms with Crippen molar-refractivity contribution in [1.82, 2.24) is 0 Å². The van der Waals surface area contributed by atoms with Gasteiger partial charge in [0, 0.05) is 0 Å². The summed E-state index contributed by atoms with van der Waals surface area (Å²) in [4.78, 5) is 22.6. The molecule has 0 spiro atoms. The van der Waals surface area contributed by atoms with Gasteiger partial charge in [0.05, 0.1) is 11.8 Å². The molecule has 0 radical (unpaired) electrons. The van der Waals surface area contributed by atoms with Crippen molar-refractivity contribution in [2.24, 2.45) is 11.8 Å². The molecule has 15 heavy (non-hydrogen) atoms. The van der Waals surface area contributed by atoms with Crippen molar-refractivity contribution in [3.05, 3.63) is 0 Å². The molecule has 1 unspecified atom stereocenters. The smallest absolute Gasteiger partial charge is 0.310 e. The summed E-state index contributed by atoms with van der Waals surface area (Å²) in [6, 6.07) is 0. The molecule has 1 fully saturated rings. The van der Waals surface area contributed by atoms with Gasteiger partial charge in [0.25, 0.3) is 0 Å². The Hall–Kier alpha value is -1.06. The third kappa shape index (κ3) is 3.22. The number of aliphatic carboxylic acids is 1. The van der Waals surface area contributed by atoms with Crippen molar-refractivity contribution in [3.63, 3.8) is 0 Å². The Morgan fingerprint density at radius 2 is 1.73 bits per heavy atom. The van der Waals surface area contributed by atoms with Crippen LogP contribution in [0.25, 0.3) is 0 Å². The lowest BCUT2D eigenvalue weighted by Crippen LogP contribution is -2.32. The Morgan fingerprint density at radius 3 is 2.20 bits per heavy atom. The summed E-state index contributed by atoms with van der Waals surface area (Å²) < 4.78 is 5.20. The Labute approximate surface area is 89.6 Å². The highest BCUT2D eigenvalue weighted by Gasteiger charge is 2.39. The topological polar surface area (TPSA) is 63.6 Å². The maximum absolute atomic E-state index is 11.7. The number of carboxylic acids is 1. The van der Waals surface area contributed by atoms with Crippen LogP contribution in [0.2, 0.25) is 0 Å². The maximum atomic E-state index is 11.7. The molecule has 1 rings (SSSR count). The first-order valence-corrected chi connectivity index (χ1v) is 5.27. The summed E-state index contributed by atoms with van der Waals surface area (Å²) in [5.41, 5.74) is -0.539. The zero-order valence-corrected chi connectivity index (χ0v) is 9.45. The van der Waals surface area contributed by atoms with Crippen LogP contribution in [0.1, 0.15) is 40.0 Å². The molecule has 0 heterocycles. The Morgan fingerprint density at radius 1 is 1.20 bits per heavy atom. The van der Waals surface area contributed by atoms with Crippen LogP contribution >= 0.6 is 0 Å². The molecule has 0 amide bonds. The second kappa shape index (κ2) is 4.21. The summed E-state index contributed by atoms with van der Waals surface area (Å²) >= 11 is 0. The van der Waals surface area contributed by atoms with E-state index in [1.165, 1.54) is 0 Å². The van der Waals surface area contributed by atoms with Gasteiger partial charge in [0.1, 0.15) is 5.60 Å². The normalized spacial score (nSPS) is 26.3. The van der Waals surface area contributed by atoms with Crippen molar-refractivity contribution in [3.8, 4) is 0 Å². The predicted octanol–water partition coefficient (Wildman–Crippen LogP) is 1.83. The van der Waals surface area contributed by atoms with E-state index in [-0.39, 0.29) is 5.97 Å². The molecule has 4 heteroatoms. The third-order valence-electron chi connectivity index (χ3n) is 2.54. The number of ether oxygens (including phenoxy) is 1. The van der Waals surface area contributed by atoms with Gasteiger partial charge in [-0.1, -0.05) is 6.42 Å². The molecule has 86 valence electrons. The molecule has 2 atom stereocenters. The molecule has 1 aliphatic carbocycles. The molecule has 4 nitrogen and oxygen atoms in total. The fourth-order valence-electron chi connectivity index (χ4n) is 1.92. The Bertz CT molecular complexity index is 264. The number of carbonyl (C=O) groups is 2. The average Bonchev–Trinajstić information content (AvgIpc) is 2.47. The fourth-order valence-corrected chi connectivity index (χ4v) is 1.92. The zero-order chi connectivity index (χ0) is 11.6. The summed E-state index contributed by atoms with van der Waals surface area (Å²) in [6.07, 6.45) is 2.01. The lowest BCUT2D eigenvalue weighted by atomic mass is 9.96. The van der Waals surface area contributed by atoms with Gasteiger partial charge in [0.2, 0.25) is 0 Å². The van der Waals surface area contributed by atoms with Gasteiger partial charge >= 0.3 is 11.9 Å². The fraction of sp³-hybridized carbons (Fsp3) is 0.818. The van der Waals surface area contributed by atoms with Crippen molar-refractivity contribution >= 4 is 11.9 Å². The van der Waals surface area contributed by atoms with Gasteiger partial charge in [-0.15, -0.1) is 0 Å². The lowest BCUT2D eigenvalue weighted by molar-refractivity contribution is -0.165. The van der Waals surface area contributed by atoms with E-state index >= 15 is 0 Å². The first-order chi connectivity index (χ1) is 6.81. The van der Waals surface area contributed by atoms with Gasteiger partial charge < -0.3 is 9.84 Å². The van der Waals surface area contributed by atoms with Crippen LogP contribution in [0, 0.1) is 11.8 Å². The minimum absolute atomic E-state index is 0.368. The lowest BCUT2D eigenvalue weighted by Gasteiger charge is -2.23. The summed E-state index contributed by atoms with van der Waals surface area (Å²) in [5.74, 6) is -2.27. The SMILES string of the molecule is CC(C)(C)OC(=O)C1CCC[C@@H]1C(=O)O. The van der Waals surface area contributed by atoms with Gasteiger partial charge in [-0.25, -0.2) is 0 Å². The first-order valence-electron chi connectivity index (χ1n) is 5.27. The Balaban J connectivity index is 2.63. The number of carboxylic acid groups (broad SMARTS) is 1. The third-order valence-corrected chi connectivity index (χ3v) is 2.54. The first kappa shape index (κ1) is 12.0. The van der Waals surface area contributed by atoms with Gasteiger partial charge in [0.15, 0.2) is 0 Å². The van der Waals surface area contributed by atoms with Crippen LogP contribution in [-0.2, 0) is 14.3 Å². The summed E-state index contributed by atoms with van der Waals surface area (Å²) in [6.45, 7) is 5.36. The standard InChI is InChI=1S/C11H18O4/c1-11(2,3)15-10(14)8-6-4-5-7(8)9(12)13/h7-8H,4-6H2,1-3H3,(H,12,13)/t7-,8?/m0/s1. The van der Waals surface area contributed by atoms with E-state index in [0.717, 1.165) is 6.42 Å². The molecule has 0 bridgehead atoms. The van der Waals surface area contributed by atoms with E-state index in [9.17, 15) is 9.59 Å². The second-order valence-corrected chi connectivity index (χ2v) is 5.02. The quantitative estimate of drug-likeness (QED) is 0.712. The molecule has 1 saturated carbocycles. The average molecular weight is 214 g/mol. The summed E-state index contributed by atoms with van der Waals surface area (Å²) in [7, 11) is 0. The number of esters is 1. The number of rotatable bonds is 2. The highest BCUT2D eigenvalue weighted by Crippen LogP contribution is 2.33. The maximum Gasteiger partial charge on any atom is 0.310 e.